The first-order chi connectivity index (χ1) is 18.2. The average molecular weight is 521 g/mol. The molecule has 0 amide bonds. The van der Waals surface area contributed by atoms with E-state index in [0.717, 1.165) is 5.56 Å². The van der Waals surface area contributed by atoms with Crippen molar-refractivity contribution in [1.82, 2.24) is 19.5 Å². The van der Waals surface area contributed by atoms with Gasteiger partial charge in [-0.2, -0.15) is 10.4 Å². The predicted octanol–water partition coefficient (Wildman–Crippen LogP) is 2.94. The number of nitriles is 1. The molecule has 38 heavy (non-hydrogen) atoms. The lowest BCUT2D eigenvalue weighted by Gasteiger charge is -2.28. The molecule has 12 heteroatoms. The van der Waals surface area contributed by atoms with Crippen LogP contribution in [0.2, 0.25) is 0 Å². The quantitative estimate of drug-likeness (QED) is 0.260. The third-order valence-corrected chi connectivity index (χ3v) is 6.19. The van der Waals surface area contributed by atoms with Crippen molar-refractivity contribution in [2.24, 2.45) is 4.99 Å². The van der Waals surface area contributed by atoms with Gasteiger partial charge in [-0.25, -0.2) is 19.3 Å². The standard InChI is InChI=1S/C26H28N6O6/c1-25(2)37-21-19(13-35-24(33)34-12-17-8-6-5-7-9-17)36-26(14-27,22(21)38-25)20-11-10-18-23(29-16-31(3)4)28-15-30-32(18)20/h5-11,15-16,19,21-22H,12-13H2,1-4H3/b29-16-/t19-,21-,22-,26+/m1/s1. The highest BCUT2D eigenvalue weighted by molar-refractivity contribution is 5.71. The zero-order valence-corrected chi connectivity index (χ0v) is 21.5. The molecule has 0 bridgehead atoms. The summed E-state index contributed by atoms with van der Waals surface area (Å²) >= 11 is 0. The summed E-state index contributed by atoms with van der Waals surface area (Å²) in [5.41, 5.74) is 0.224. The first-order valence-electron chi connectivity index (χ1n) is 12.0. The van der Waals surface area contributed by atoms with Crippen molar-refractivity contribution >= 4 is 23.8 Å². The molecule has 1 aromatic carbocycles. The lowest BCUT2D eigenvalue weighted by atomic mass is 9.92. The minimum atomic E-state index is -1.61. The average Bonchev–Trinajstić information content (AvgIpc) is 3.56. The number of benzene rings is 1. The van der Waals surface area contributed by atoms with Gasteiger partial charge < -0.3 is 28.6 Å². The number of carbonyl (C=O) groups is 1. The van der Waals surface area contributed by atoms with Crippen LogP contribution in [0.25, 0.3) is 5.52 Å². The van der Waals surface area contributed by atoms with Gasteiger partial charge in [0.2, 0.25) is 5.60 Å². The SMILES string of the molecule is CN(C)/C=N\c1ncnn2c([C@]3(C#N)O[C@H](COC(=O)OCc4ccccc4)[C@H]4OC(C)(C)O[C@H]43)ccc12. The van der Waals surface area contributed by atoms with Crippen molar-refractivity contribution < 1.29 is 28.5 Å². The molecule has 2 aliphatic heterocycles. The Kier molecular flexibility index (Phi) is 6.75. The van der Waals surface area contributed by atoms with Gasteiger partial charge in [-0.3, -0.25) is 0 Å². The van der Waals surface area contributed by atoms with Crippen molar-refractivity contribution in [2.75, 3.05) is 20.7 Å². The molecule has 0 saturated carbocycles. The van der Waals surface area contributed by atoms with Gasteiger partial charge in [-0.05, 0) is 31.5 Å². The van der Waals surface area contributed by atoms with Crippen molar-refractivity contribution in [3.8, 4) is 6.07 Å². The number of nitrogens with zero attached hydrogens (tertiary/aromatic N) is 6. The highest BCUT2D eigenvalue weighted by Crippen LogP contribution is 2.49. The van der Waals surface area contributed by atoms with Crippen LogP contribution in [0.1, 0.15) is 25.1 Å². The van der Waals surface area contributed by atoms with Crippen molar-refractivity contribution in [1.29, 1.82) is 5.26 Å². The number of aromatic nitrogens is 3. The van der Waals surface area contributed by atoms with E-state index in [2.05, 4.69) is 21.1 Å². The maximum atomic E-state index is 12.3. The van der Waals surface area contributed by atoms with Crippen LogP contribution < -0.4 is 0 Å². The summed E-state index contributed by atoms with van der Waals surface area (Å²) in [5.74, 6) is -0.566. The molecule has 0 aliphatic carbocycles. The summed E-state index contributed by atoms with van der Waals surface area (Å²) in [4.78, 5) is 22.7. The van der Waals surface area contributed by atoms with Gasteiger partial charge in [0.1, 0.15) is 49.4 Å². The molecule has 198 valence electrons. The summed E-state index contributed by atoms with van der Waals surface area (Å²) in [6.45, 7) is 3.38. The molecule has 4 atom stereocenters. The second-order valence-electron chi connectivity index (χ2n) is 9.67. The molecular weight excluding hydrogens is 492 g/mol. The van der Waals surface area contributed by atoms with E-state index in [1.165, 1.54) is 6.33 Å². The Morgan fingerprint density at radius 1 is 1.18 bits per heavy atom. The molecule has 2 fully saturated rings. The summed E-state index contributed by atoms with van der Waals surface area (Å²) in [5, 5.41) is 14.8. The van der Waals surface area contributed by atoms with E-state index in [-0.39, 0.29) is 13.2 Å². The van der Waals surface area contributed by atoms with Gasteiger partial charge in [-0.1, -0.05) is 30.3 Å². The summed E-state index contributed by atoms with van der Waals surface area (Å²) in [6, 6.07) is 15.0. The second kappa shape index (κ2) is 10.0. The Morgan fingerprint density at radius 3 is 2.71 bits per heavy atom. The number of ether oxygens (including phenoxy) is 5. The van der Waals surface area contributed by atoms with Crippen LogP contribution in [0.3, 0.4) is 0 Å². The minimum Gasteiger partial charge on any atom is -0.431 e. The summed E-state index contributed by atoms with van der Waals surface area (Å²) in [6.07, 6.45) is -0.188. The van der Waals surface area contributed by atoms with Gasteiger partial charge in [0.25, 0.3) is 0 Å². The van der Waals surface area contributed by atoms with E-state index >= 15 is 0 Å². The predicted molar refractivity (Wildman–Crippen MR) is 133 cm³/mol. The molecule has 0 spiro atoms. The van der Waals surface area contributed by atoms with Crippen LogP contribution in [0.4, 0.5) is 10.6 Å². The fourth-order valence-electron chi connectivity index (χ4n) is 4.61. The van der Waals surface area contributed by atoms with Gasteiger partial charge in [0.15, 0.2) is 11.6 Å². The second-order valence-corrected chi connectivity index (χ2v) is 9.67. The molecule has 5 rings (SSSR count). The van der Waals surface area contributed by atoms with Crippen LogP contribution in [0, 0.1) is 11.3 Å². The Bertz CT molecular complexity index is 1380. The van der Waals surface area contributed by atoms with Crippen LogP contribution in [0.15, 0.2) is 53.8 Å². The highest BCUT2D eigenvalue weighted by Gasteiger charge is 2.65. The van der Waals surface area contributed by atoms with E-state index in [4.69, 9.17) is 23.7 Å². The monoisotopic (exact) mass is 520 g/mol. The van der Waals surface area contributed by atoms with Crippen molar-refractivity contribution in [3.05, 3.63) is 60.0 Å². The molecule has 12 nitrogen and oxygen atoms in total. The maximum Gasteiger partial charge on any atom is 0.508 e. The van der Waals surface area contributed by atoms with Gasteiger partial charge in [0, 0.05) is 14.1 Å². The van der Waals surface area contributed by atoms with Crippen LogP contribution in [0.5, 0.6) is 0 Å². The number of rotatable bonds is 7. The molecule has 3 aromatic rings. The number of carbonyl (C=O) groups excluding carboxylic acids is 1. The summed E-state index contributed by atoms with van der Waals surface area (Å²) in [7, 11) is 3.70. The topological polar surface area (TPSA) is 133 Å². The number of hydrogen-bond acceptors (Lipinski definition) is 10. The van der Waals surface area contributed by atoms with Gasteiger partial charge in [-0.15, -0.1) is 0 Å². The molecule has 0 unspecified atom stereocenters. The summed E-state index contributed by atoms with van der Waals surface area (Å²) < 4.78 is 30.7. The lowest BCUT2D eigenvalue weighted by molar-refractivity contribution is -0.205. The molecule has 2 saturated heterocycles. The Labute approximate surface area is 219 Å². The number of aliphatic imine (C=N–C) groups is 1. The van der Waals surface area contributed by atoms with Crippen molar-refractivity contribution in [3.63, 3.8) is 0 Å². The minimum absolute atomic E-state index is 0.0700. The van der Waals surface area contributed by atoms with Crippen molar-refractivity contribution in [2.45, 2.75) is 50.2 Å². The zero-order chi connectivity index (χ0) is 26.9. The zero-order valence-electron chi connectivity index (χ0n) is 21.5. The third-order valence-electron chi connectivity index (χ3n) is 6.19. The van der Waals surface area contributed by atoms with Crippen LogP contribution >= 0.6 is 0 Å². The Hall–Kier alpha value is -4.05. The van der Waals surface area contributed by atoms with Crippen LogP contribution in [-0.4, -0.2) is 76.8 Å². The number of hydrogen-bond donors (Lipinski definition) is 0. The molecule has 0 radical (unpaired) electrons. The Morgan fingerprint density at radius 2 is 1.97 bits per heavy atom. The largest absolute Gasteiger partial charge is 0.508 e. The van der Waals surface area contributed by atoms with Gasteiger partial charge in [0.05, 0.1) is 12.0 Å². The lowest BCUT2D eigenvalue weighted by Crippen LogP contribution is -2.40. The van der Waals surface area contributed by atoms with E-state index < -0.39 is 35.9 Å². The maximum absolute atomic E-state index is 12.3. The molecule has 0 N–H and O–H groups in total. The number of fused-ring (bicyclic) bond motifs is 2. The van der Waals surface area contributed by atoms with E-state index in [9.17, 15) is 10.1 Å². The van der Waals surface area contributed by atoms with E-state index in [1.54, 1.807) is 41.7 Å². The smallest absolute Gasteiger partial charge is 0.431 e. The highest BCUT2D eigenvalue weighted by atomic mass is 16.8. The molecule has 2 aromatic heterocycles. The molecule has 4 heterocycles. The van der Waals surface area contributed by atoms with Crippen LogP contribution in [-0.2, 0) is 35.9 Å². The first kappa shape index (κ1) is 25.6. The normalized spacial score (nSPS) is 25.8. The Balaban J connectivity index is 1.40. The molecular formula is C26H28N6O6. The molecule has 2 aliphatic rings. The first-order valence-corrected chi connectivity index (χ1v) is 12.0. The third kappa shape index (κ3) is 4.79. The van der Waals surface area contributed by atoms with E-state index in [1.807, 2.05) is 44.4 Å². The van der Waals surface area contributed by atoms with E-state index in [0.29, 0.717) is 17.0 Å². The fourth-order valence-corrected chi connectivity index (χ4v) is 4.61. The van der Waals surface area contributed by atoms with Gasteiger partial charge >= 0.3 is 6.16 Å². The fraction of sp³-hybridized carbons (Fsp3) is 0.423.